The summed E-state index contributed by atoms with van der Waals surface area (Å²) >= 11 is 0. The molecule has 4 rings (SSSR count). The second-order valence-corrected chi connectivity index (χ2v) is 6.96. The number of ether oxygens (including phenoxy) is 2. The first-order valence-electron chi connectivity index (χ1n) is 8.46. The molecule has 3 aliphatic rings. The lowest BCUT2D eigenvalue weighted by molar-refractivity contribution is -0.274. The Kier molecular flexibility index (Phi) is 5.31. The highest BCUT2D eigenvalue weighted by atomic mass is 127. The number of hydrogen-bond acceptors (Lipinski definition) is 3. The van der Waals surface area contributed by atoms with Gasteiger partial charge in [-0.25, -0.2) is 4.99 Å². The Morgan fingerprint density at radius 3 is 2.69 bits per heavy atom. The molecule has 1 spiro atoms. The van der Waals surface area contributed by atoms with Gasteiger partial charge in [0.15, 0.2) is 11.7 Å². The van der Waals surface area contributed by atoms with Gasteiger partial charge in [-0.3, -0.25) is 0 Å². The van der Waals surface area contributed by atoms with Crippen LogP contribution in [0.2, 0.25) is 0 Å². The van der Waals surface area contributed by atoms with Crippen molar-refractivity contribution in [2.75, 3.05) is 11.9 Å². The number of nitrogens with one attached hydrogen (secondary N) is 1. The largest absolute Gasteiger partial charge is 0.573 e. The number of fused-ring (bicyclic) bond motifs is 2. The molecule has 0 bridgehead atoms. The van der Waals surface area contributed by atoms with Crippen molar-refractivity contribution in [1.82, 2.24) is 0 Å². The summed E-state index contributed by atoms with van der Waals surface area (Å²) in [6.07, 6.45) is -0.228. The minimum Gasteiger partial charge on any atom is -0.404 e. The van der Waals surface area contributed by atoms with Crippen molar-refractivity contribution < 1.29 is 22.6 Å². The highest BCUT2D eigenvalue weighted by Gasteiger charge is 2.66. The molecule has 1 heterocycles. The lowest BCUT2D eigenvalue weighted by atomic mass is 9.46. The van der Waals surface area contributed by atoms with E-state index in [0.29, 0.717) is 5.92 Å². The third-order valence-electron chi connectivity index (χ3n) is 5.64. The number of benzene rings is 1. The summed E-state index contributed by atoms with van der Waals surface area (Å²) in [4.78, 5) is 4.60. The number of nitrogens with zero attached hydrogens (tertiary/aromatic N) is 1. The summed E-state index contributed by atoms with van der Waals surface area (Å²) in [5.74, 6) is 0.143. The number of nitrogens with two attached hydrogens (primary N) is 1. The number of hydrogen-bond donors (Lipinski definition) is 2. The van der Waals surface area contributed by atoms with Gasteiger partial charge < -0.3 is 20.5 Å². The predicted molar refractivity (Wildman–Crippen MR) is 102 cm³/mol. The van der Waals surface area contributed by atoms with Gasteiger partial charge in [-0.2, -0.15) is 0 Å². The Bertz CT molecular complexity index is 694. The van der Waals surface area contributed by atoms with Crippen LogP contribution in [0.15, 0.2) is 29.3 Å². The fourth-order valence-electron chi connectivity index (χ4n) is 4.49. The van der Waals surface area contributed by atoms with Crippen LogP contribution in [0, 0.1) is 11.3 Å². The van der Waals surface area contributed by atoms with E-state index in [0.717, 1.165) is 32.3 Å². The van der Waals surface area contributed by atoms with Gasteiger partial charge in [0.05, 0.1) is 17.8 Å². The smallest absolute Gasteiger partial charge is 0.404 e. The number of anilines is 1. The van der Waals surface area contributed by atoms with E-state index in [4.69, 9.17) is 10.5 Å². The van der Waals surface area contributed by atoms with Gasteiger partial charge in [-0.15, -0.1) is 37.1 Å². The molecule has 3 fully saturated rings. The van der Waals surface area contributed by atoms with Crippen LogP contribution in [0.1, 0.15) is 25.7 Å². The highest BCUT2D eigenvalue weighted by Crippen LogP contribution is 2.64. The monoisotopic (exact) mass is 483 g/mol. The predicted octanol–water partition coefficient (Wildman–Crippen LogP) is 3.89. The van der Waals surface area contributed by atoms with Crippen molar-refractivity contribution in [3.8, 4) is 5.75 Å². The Labute approximate surface area is 166 Å². The summed E-state index contributed by atoms with van der Waals surface area (Å²) in [5.41, 5.74) is 6.21. The molecule has 3 N–H and O–H groups in total. The lowest BCUT2D eigenvalue weighted by Crippen LogP contribution is -2.65. The molecular weight excluding hydrogens is 462 g/mol. The van der Waals surface area contributed by atoms with Gasteiger partial charge in [0.25, 0.3) is 0 Å². The average molecular weight is 483 g/mol. The van der Waals surface area contributed by atoms with Crippen molar-refractivity contribution in [2.24, 2.45) is 22.1 Å². The Balaban J connectivity index is 0.00000196. The molecule has 3 unspecified atom stereocenters. The van der Waals surface area contributed by atoms with E-state index >= 15 is 0 Å². The molecule has 0 radical (unpaired) electrons. The van der Waals surface area contributed by atoms with Crippen LogP contribution in [-0.2, 0) is 4.74 Å². The van der Waals surface area contributed by atoms with Crippen molar-refractivity contribution >= 4 is 35.6 Å². The maximum Gasteiger partial charge on any atom is 0.573 e. The van der Waals surface area contributed by atoms with Crippen LogP contribution in [0.4, 0.5) is 18.9 Å². The molecule has 1 aromatic carbocycles. The summed E-state index contributed by atoms with van der Waals surface area (Å²) in [6.45, 7) is 0.749. The molecule has 1 aromatic rings. The van der Waals surface area contributed by atoms with E-state index in [2.05, 4.69) is 15.0 Å². The summed E-state index contributed by atoms with van der Waals surface area (Å²) < 4.78 is 47.4. The van der Waals surface area contributed by atoms with E-state index in [-0.39, 0.29) is 58.9 Å². The number of halogens is 4. The van der Waals surface area contributed by atoms with E-state index in [1.807, 2.05) is 0 Å². The fourth-order valence-corrected chi connectivity index (χ4v) is 4.49. The first-order valence-corrected chi connectivity index (χ1v) is 8.46. The summed E-state index contributed by atoms with van der Waals surface area (Å²) in [5, 5.41) is 2.76. The van der Waals surface area contributed by atoms with E-state index in [1.54, 1.807) is 6.07 Å². The SMILES string of the molecule is I.NC(=NC1C2CCOC2C12CCC2)Nc1ccccc1OC(F)(F)F. The molecule has 26 heavy (non-hydrogen) atoms. The second kappa shape index (κ2) is 7.06. The molecule has 144 valence electrons. The van der Waals surface area contributed by atoms with Crippen molar-refractivity contribution in [3.05, 3.63) is 24.3 Å². The zero-order valence-corrected chi connectivity index (χ0v) is 16.3. The van der Waals surface area contributed by atoms with Gasteiger partial charge in [-0.05, 0) is 31.4 Å². The van der Waals surface area contributed by atoms with E-state index in [9.17, 15) is 13.2 Å². The van der Waals surface area contributed by atoms with Crippen molar-refractivity contribution in [2.45, 2.75) is 44.2 Å². The van der Waals surface area contributed by atoms with Crippen LogP contribution in [0.25, 0.3) is 0 Å². The number of alkyl halides is 3. The zero-order chi connectivity index (χ0) is 17.7. The van der Waals surface area contributed by atoms with E-state index < -0.39 is 6.36 Å². The molecule has 3 atom stereocenters. The normalized spacial score (nSPS) is 29.2. The molecule has 0 amide bonds. The number of guanidine groups is 1. The van der Waals surface area contributed by atoms with Crippen LogP contribution < -0.4 is 15.8 Å². The third-order valence-corrected chi connectivity index (χ3v) is 5.64. The van der Waals surface area contributed by atoms with Gasteiger partial charge in [-0.1, -0.05) is 18.6 Å². The van der Waals surface area contributed by atoms with Gasteiger partial charge in [0.2, 0.25) is 0 Å². The number of aliphatic imine (C=N–C) groups is 1. The van der Waals surface area contributed by atoms with Crippen molar-refractivity contribution in [1.29, 1.82) is 0 Å². The van der Waals surface area contributed by atoms with Crippen LogP contribution in [-0.4, -0.2) is 31.1 Å². The highest BCUT2D eigenvalue weighted by molar-refractivity contribution is 14.0. The summed E-state index contributed by atoms with van der Waals surface area (Å²) in [7, 11) is 0. The average Bonchev–Trinajstić information content (AvgIpc) is 2.89. The molecule has 5 nitrogen and oxygen atoms in total. The maximum atomic E-state index is 12.5. The second-order valence-electron chi connectivity index (χ2n) is 6.96. The molecular formula is C17H21F3IN3O2. The Hall–Kier alpha value is -1.23. The van der Waals surface area contributed by atoms with Crippen molar-refractivity contribution in [3.63, 3.8) is 0 Å². The zero-order valence-electron chi connectivity index (χ0n) is 14.0. The number of para-hydroxylation sites is 2. The maximum absolute atomic E-state index is 12.5. The Morgan fingerprint density at radius 1 is 1.31 bits per heavy atom. The molecule has 9 heteroatoms. The van der Waals surface area contributed by atoms with Crippen LogP contribution >= 0.6 is 24.0 Å². The summed E-state index contributed by atoms with van der Waals surface area (Å²) in [6, 6.07) is 5.87. The molecule has 2 saturated carbocycles. The molecule has 0 aromatic heterocycles. The van der Waals surface area contributed by atoms with Crippen LogP contribution in [0.5, 0.6) is 5.75 Å². The fraction of sp³-hybridized carbons (Fsp3) is 0.588. The Morgan fingerprint density at radius 2 is 2.04 bits per heavy atom. The van der Waals surface area contributed by atoms with Gasteiger partial charge in [0.1, 0.15) is 0 Å². The minimum atomic E-state index is -4.76. The third kappa shape index (κ3) is 3.35. The van der Waals surface area contributed by atoms with E-state index in [1.165, 1.54) is 18.2 Å². The van der Waals surface area contributed by atoms with Crippen LogP contribution in [0.3, 0.4) is 0 Å². The minimum absolute atomic E-state index is 0. The van der Waals surface area contributed by atoms with Gasteiger partial charge >= 0.3 is 6.36 Å². The standard InChI is InChI=1S/C17H20F3N3O2.HI/c18-17(19,20)25-12-5-2-1-4-11(12)22-15(21)23-13-10-6-9-24-14(10)16(13)7-3-8-16;/h1-2,4-5,10,13-14H,3,6-9H2,(H3,21,22,23);1H. The first kappa shape index (κ1) is 19.5. The topological polar surface area (TPSA) is 68.9 Å². The van der Waals surface area contributed by atoms with Gasteiger partial charge in [0, 0.05) is 17.9 Å². The number of rotatable bonds is 3. The molecule has 2 aliphatic carbocycles. The lowest BCUT2D eigenvalue weighted by Gasteiger charge is -2.61. The first-order chi connectivity index (χ1) is 11.9. The quantitative estimate of drug-likeness (QED) is 0.389. The molecule has 1 saturated heterocycles. The molecule has 1 aliphatic heterocycles.